The molecule has 0 aromatic carbocycles. The van der Waals surface area contributed by atoms with E-state index in [1.807, 2.05) is 0 Å². The SMILES string of the molecule is CC(C)CCNc1ncc(C(=O)NCc2ccco2)cn1. The Kier molecular flexibility index (Phi) is 5.31. The Morgan fingerprint density at radius 2 is 2.10 bits per heavy atom. The summed E-state index contributed by atoms with van der Waals surface area (Å²) >= 11 is 0. The van der Waals surface area contributed by atoms with Crippen molar-refractivity contribution < 1.29 is 9.21 Å². The van der Waals surface area contributed by atoms with Crippen molar-refractivity contribution in [3.05, 3.63) is 42.1 Å². The molecule has 0 saturated carbocycles. The van der Waals surface area contributed by atoms with Crippen molar-refractivity contribution in [2.75, 3.05) is 11.9 Å². The smallest absolute Gasteiger partial charge is 0.254 e. The molecule has 2 rings (SSSR count). The van der Waals surface area contributed by atoms with Crippen molar-refractivity contribution in [1.82, 2.24) is 15.3 Å². The molecule has 2 heterocycles. The number of anilines is 1. The lowest BCUT2D eigenvalue weighted by atomic mass is 10.1. The highest BCUT2D eigenvalue weighted by molar-refractivity contribution is 5.93. The number of carbonyl (C=O) groups is 1. The molecule has 0 unspecified atom stereocenters. The van der Waals surface area contributed by atoms with Crippen LogP contribution in [0.1, 0.15) is 36.4 Å². The quantitative estimate of drug-likeness (QED) is 0.818. The molecule has 0 aliphatic heterocycles. The second-order valence-electron chi connectivity index (χ2n) is 5.17. The van der Waals surface area contributed by atoms with E-state index in [9.17, 15) is 4.79 Å². The Morgan fingerprint density at radius 1 is 1.33 bits per heavy atom. The van der Waals surface area contributed by atoms with Gasteiger partial charge in [0.25, 0.3) is 5.91 Å². The van der Waals surface area contributed by atoms with Gasteiger partial charge in [0, 0.05) is 18.9 Å². The first-order valence-corrected chi connectivity index (χ1v) is 7.01. The molecule has 21 heavy (non-hydrogen) atoms. The molecule has 0 spiro atoms. The van der Waals surface area contributed by atoms with Gasteiger partial charge in [0.05, 0.1) is 18.4 Å². The average molecular weight is 288 g/mol. The van der Waals surface area contributed by atoms with Crippen molar-refractivity contribution in [3.8, 4) is 0 Å². The van der Waals surface area contributed by atoms with Gasteiger partial charge in [-0.25, -0.2) is 9.97 Å². The van der Waals surface area contributed by atoms with Crippen LogP contribution in [0.4, 0.5) is 5.95 Å². The summed E-state index contributed by atoms with van der Waals surface area (Å²) in [5, 5.41) is 5.87. The summed E-state index contributed by atoms with van der Waals surface area (Å²) in [5.74, 6) is 1.65. The van der Waals surface area contributed by atoms with Crippen molar-refractivity contribution in [2.45, 2.75) is 26.8 Å². The lowest BCUT2D eigenvalue weighted by molar-refractivity contribution is 0.0947. The van der Waals surface area contributed by atoms with Crippen molar-refractivity contribution in [2.24, 2.45) is 5.92 Å². The van der Waals surface area contributed by atoms with E-state index in [4.69, 9.17) is 4.42 Å². The maximum absolute atomic E-state index is 11.9. The molecule has 0 radical (unpaired) electrons. The molecular weight excluding hydrogens is 268 g/mol. The molecule has 112 valence electrons. The van der Waals surface area contributed by atoms with E-state index in [-0.39, 0.29) is 5.91 Å². The number of nitrogens with one attached hydrogen (secondary N) is 2. The maximum atomic E-state index is 11.9. The number of carbonyl (C=O) groups excluding carboxylic acids is 1. The first-order chi connectivity index (χ1) is 10.1. The van der Waals surface area contributed by atoms with E-state index in [0.717, 1.165) is 13.0 Å². The number of amides is 1. The third-order valence-electron chi connectivity index (χ3n) is 2.92. The van der Waals surface area contributed by atoms with E-state index in [1.165, 1.54) is 12.4 Å². The number of aromatic nitrogens is 2. The zero-order valence-corrected chi connectivity index (χ0v) is 12.3. The maximum Gasteiger partial charge on any atom is 0.254 e. The number of nitrogens with zero attached hydrogens (tertiary/aromatic N) is 2. The predicted octanol–water partition coefficient (Wildman–Crippen LogP) is 2.46. The molecule has 6 nitrogen and oxygen atoms in total. The Hall–Kier alpha value is -2.37. The summed E-state index contributed by atoms with van der Waals surface area (Å²) in [6.45, 7) is 5.49. The molecule has 0 fully saturated rings. The van der Waals surface area contributed by atoms with Gasteiger partial charge in [0.2, 0.25) is 5.95 Å². The van der Waals surface area contributed by atoms with Gasteiger partial charge in [-0.3, -0.25) is 4.79 Å². The summed E-state index contributed by atoms with van der Waals surface area (Å²) in [5.41, 5.74) is 0.427. The Bertz CT molecular complexity index is 550. The van der Waals surface area contributed by atoms with Crippen LogP contribution in [0, 0.1) is 5.92 Å². The third kappa shape index (κ3) is 4.91. The summed E-state index contributed by atoms with van der Waals surface area (Å²) in [7, 11) is 0. The van der Waals surface area contributed by atoms with Crippen LogP contribution in [-0.4, -0.2) is 22.4 Å². The molecule has 0 aliphatic rings. The Morgan fingerprint density at radius 3 is 2.71 bits per heavy atom. The van der Waals surface area contributed by atoms with E-state index in [2.05, 4.69) is 34.4 Å². The van der Waals surface area contributed by atoms with Gasteiger partial charge in [0.1, 0.15) is 5.76 Å². The molecule has 2 aromatic rings. The second kappa shape index (κ2) is 7.42. The molecular formula is C15H20N4O2. The molecule has 6 heteroatoms. The minimum absolute atomic E-state index is 0.222. The van der Waals surface area contributed by atoms with E-state index >= 15 is 0 Å². The van der Waals surface area contributed by atoms with E-state index < -0.39 is 0 Å². The minimum atomic E-state index is -0.222. The zero-order chi connectivity index (χ0) is 15.1. The van der Waals surface area contributed by atoms with Crippen molar-refractivity contribution in [1.29, 1.82) is 0 Å². The number of hydrogen-bond acceptors (Lipinski definition) is 5. The van der Waals surface area contributed by atoms with Crippen LogP contribution in [0.15, 0.2) is 35.2 Å². The highest BCUT2D eigenvalue weighted by Gasteiger charge is 2.07. The first kappa shape index (κ1) is 15.0. The molecule has 2 aromatic heterocycles. The fraction of sp³-hybridized carbons (Fsp3) is 0.400. The third-order valence-corrected chi connectivity index (χ3v) is 2.92. The van der Waals surface area contributed by atoms with Gasteiger partial charge in [-0.05, 0) is 24.5 Å². The lowest BCUT2D eigenvalue weighted by Crippen LogP contribution is -2.23. The number of hydrogen-bond donors (Lipinski definition) is 2. The number of furan rings is 1. The molecule has 1 amide bonds. The zero-order valence-electron chi connectivity index (χ0n) is 12.3. The van der Waals surface area contributed by atoms with Crippen molar-refractivity contribution in [3.63, 3.8) is 0 Å². The van der Waals surface area contributed by atoms with Crippen LogP contribution in [0.5, 0.6) is 0 Å². The van der Waals surface area contributed by atoms with Crippen LogP contribution < -0.4 is 10.6 Å². The van der Waals surface area contributed by atoms with Gasteiger partial charge in [-0.15, -0.1) is 0 Å². The minimum Gasteiger partial charge on any atom is -0.467 e. The fourth-order valence-corrected chi connectivity index (χ4v) is 1.69. The predicted molar refractivity (Wildman–Crippen MR) is 79.9 cm³/mol. The molecule has 0 aliphatic carbocycles. The largest absolute Gasteiger partial charge is 0.467 e. The van der Waals surface area contributed by atoms with Crippen LogP contribution >= 0.6 is 0 Å². The molecule has 2 N–H and O–H groups in total. The topological polar surface area (TPSA) is 80.0 Å². The fourth-order valence-electron chi connectivity index (χ4n) is 1.69. The van der Waals surface area contributed by atoms with Gasteiger partial charge in [-0.1, -0.05) is 13.8 Å². The second-order valence-corrected chi connectivity index (χ2v) is 5.17. The highest BCUT2D eigenvalue weighted by atomic mass is 16.3. The monoisotopic (exact) mass is 288 g/mol. The van der Waals surface area contributed by atoms with Crippen molar-refractivity contribution >= 4 is 11.9 Å². The van der Waals surface area contributed by atoms with Crippen LogP contribution in [0.3, 0.4) is 0 Å². The summed E-state index contributed by atoms with van der Waals surface area (Å²) in [4.78, 5) is 20.2. The van der Waals surface area contributed by atoms with Gasteiger partial charge in [0.15, 0.2) is 0 Å². The molecule has 0 saturated heterocycles. The Labute approximate surface area is 124 Å². The molecule has 0 bridgehead atoms. The first-order valence-electron chi connectivity index (χ1n) is 7.01. The summed E-state index contributed by atoms with van der Waals surface area (Å²) in [6.07, 6.45) is 5.65. The highest BCUT2D eigenvalue weighted by Crippen LogP contribution is 2.04. The Balaban J connectivity index is 1.82. The van der Waals surface area contributed by atoms with Crippen LogP contribution in [0.25, 0.3) is 0 Å². The average Bonchev–Trinajstić information content (AvgIpc) is 2.98. The van der Waals surface area contributed by atoms with Gasteiger partial charge in [-0.2, -0.15) is 0 Å². The lowest BCUT2D eigenvalue weighted by Gasteiger charge is -2.07. The normalized spacial score (nSPS) is 10.6. The number of rotatable bonds is 7. The van der Waals surface area contributed by atoms with E-state index in [1.54, 1.807) is 18.4 Å². The van der Waals surface area contributed by atoms with Gasteiger partial charge < -0.3 is 15.1 Å². The summed E-state index contributed by atoms with van der Waals surface area (Å²) < 4.78 is 5.15. The summed E-state index contributed by atoms with van der Waals surface area (Å²) in [6, 6.07) is 3.58. The van der Waals surface area contributed by atoms with E-state index in [0.29, 0.717) is 29.7 Å². The standard InChI is InChI=1S/C15H20N4O2/c1-11(2)5-6-16-15-18-8-12(9-19-15)14(20)17-10-13-4-3-7-21-13/h3-4,7-9,11H,5-6,10H2,1-2H3,(H,17,20)(H,16,18,19). The van der Waals surface area contributed by atoms with Gasteiger partial charge >= 0.3 is 0 Å². The molecule has 0 atom stereocenters. The van der Waals surface area contributed by atoms with Crippen LogP contribution in [0.2, 0.25) is 0 Å². The van der Waals surface area contributed by atoms with Crippen LogP contribution in [-0.2, 0) is 6.54 Å².